The molecule has 0 heterocycles. The number of aliphatic hydroxyl groups is 1. The summed E-state index contributed by atoms with van der Waals surface area (Å²) in [7, 11) is 0. The molecule has 2 aliphatic carbocycles. The molecule has 0 aromatic carbocycles. The summed E-state index contributed by atoms with van der Waals surface area (Å²) in [5.74, 6) is 1.50. The summed E-state index contributed by atoms with van der Waals surface area (Å²) in [4.78, 5) is 11.9. The number of ether oxygens (including phenoxy) is 1. The smallest absolute Gasteiger partial charge is 0.407 e. The highest BCUT2D eigenvalue weighted by Gasteiger charge is 2.64. The van der Waals surface area contributed by atoms with Gasteiger partial charge in [-0.15, -0.1) is 0 Å². The maximum absolute atomic E-state index is 11.9. The summed E-state index contributed by atoms with van der Waals surface area (Å²) in [5, 5.41) is 13.7. The number of nitrogens with one attached hydrogen (secondary N) is 1. The minimum Gasteiger partial charge on any atom is -0.444 e. The van der Waals surface area contributed by atoms with Crippen molar-refractivity contribution in [1.82, 2.24) is 5.32 Å². The van der Waals surface area contributed by atoms with Gasteiger partial charge in [-0.05, 0) is 64.2 Å². The molecular formula is C18H33NO3. The summed E-state index contributed by atoms with van der Waals surface area (Å²) in [6.45, 7) is 12.2. The minimum absolute atomic E-state index is 0.0496. The highest BCUT2D eigenvalue weighted by atomic mass is 16.6. The molecule has 5 atom stereocenters. The maximum atomic E-state index is 11.9. The Bertz CT molecular complexity index is 415. The predicted molar refractivity (Wildman–Crippen MR) is 87.6 cm³/mol. The van der Waals surface area contributed by atoms with Gasteiger partial charge in [-0.1, -0.05) is 20.8 Å². The van der Waals surface area contributed by atoms with Crippen LogP contribution in [0.5, 0.6) is 0 Å². The van der Waals surface area contributed by atoms with Crippen LogP contribution in [0.2, 0.25) is 0 Å². The van der Waals surface area contributed by atoms with E-state index in [-0.39, 0.29) is 23.7 Å². The first-order chi connectivity index (χ1) is 10.0. The van der Waals surface area contributed by atoms with Crippen LogP contribution >= 0.6 is 0 Å². The second-order valence-electron chi connectivity index (χ2n) is 8.97. The number of carbonyl (C=O) groups is 1. The Morgan fingerprint density at radius 1 is 1.32 bits per heavy atom. The van der Waals surface area contributed by atoms with Crippen LogP contribution in [0.4, 0.5) is 4.79 Å². The molecule has 5 unspecified atom stereocenters. The fraction of sp³-hybridized carbons (Fsp3) is 0.944. The molecule has 0 spiro atoms. The molecule has 0 aliphatic heterocycles. The summed E-state index contributed by atoms with van der Waals surface area (Å²) in [6, 6.07) is 0.148. The molecule has 1 amide bonds. The molecule has 2 saturated carbocycles. The third kappa shape index (κ3) is 3.95. The summed E-state index contributed by atoms with van der Waals surface area (Å²) < 4.78 is 5.33. The molecule has 128 valence electrons. The fourth-order valence-electron chi connectivity index (χ4n) is 4.36. The number of aliphatic hydroxyl groups excluding tert-OH is 1. The van der Waals surface area contributed by atoms with Gasteiger partial charge in [0.15, 0.2) is 0 Å². The van der Waals surface area contributed by atoms with Gasteiger partial charge in [-0.2, -0.15) is 0 Å². The van der Waals surface area contributed by atoms with E-state index in [9.17, 15) is 9.90 Å². The van der Waals surface area contributed by atoms with Crippen LogP contribution in [0.25, 0.3) is 0 Å². The molecule has 2 fully saturated rings. The standard InChI is InChI=1S/C18H33NO3/c1-11(2)7-12(3)15(20)18-9-13(18)8-14(10-18)19-16(21)22-17(4,5)6/h11-15,20H,7-10H2,1-6H3,(H,19,21). The van der Waals surface area contributed by atoms with Crippen molar-refractivity contribution in [2.45, 2.75) is 85.0 Å². The predicted octanol–water partition coefficient (Wildman–Crippen LogP) is 3.72. The van der Waals surface area contributed by atoms with Crippen LogP contribution in [0.3, 0.4) is 0 Å². The van der Waals surface area contributed by atoms with E-state index >= 15 is 0 Å². The van der Waals surface area contributed by atoms with Crippen LogP contribution in [0, 0.1) is 23.2 Å². The summed E-state index contributed by atoms with van der Waals surface area (Å²) in [6.07, 6.45) is 3.46. The molecule has 0 aromatic heterocycles. The van der Waals surface area contributed by atoms with E-state index in [1.165, 1.54) is 0 Å². The van der Waals surface area contributed by atoms with Gasteiger partial charge in [0.1, 0.15) is 5.60 Å². The van der Waals surface area contributed by atoms with Crippen molar-refractivity contribution in [2.75, 3.05) is 0 Å². The highest BCUT2D eigenvalue weighted by Crippen LogP contribution is 2.66. The van der Waals surface area contributed by atoms with E-state index in [1.807, 2.05) is 20.8 Å². The number of alkyl carbamates (subject to hydrolysis) is 1. The fourth-order valence-corrected chi connectivity index (χ4v) is 4.36. The largest absolute Gasteiger partial charge is 0.444 e. The van der Waals surface area contributed by atoms with Gasteiger partial charge < -0.3 is 15.2 Å². The Morgan fingerprint density at radius 2 is 1.95 bits per heavy atom. The van der Waals surface area contributed by atoms with Gasteiger partial charge in [0.25, 0.3) is 0 Å². The van der Waals surface area contributed by atoms with Crippen molar-refractivity contribution in [3.63, 3.8) is 0 Å². The topological polar surface area (TPSA) is 58.6 Å². The number of rotatable bonds is 5. The molecule has 4 heteroatoms. The van der Waals surface area contributed by atoms with Crippen LogP contribution in [0.15, 0.2) is 0 Å². The number of hydrogen-bond acceptors (Lipinski definition) is 3. The number of amides is 1. The van der Waals surface area contributed by atoms with Gasteiger partial charge in [0.05, 0.1) is 6.10 Å². The Labute approximate surface area is 135 Å². The molecule has 4 nitrogen and oxygen atoms in total. The molecule has 0 aromatic rings. The Kier molecular flexibility index (Phi) is 4.82. The normalized spacial score (nSPS) is 33.3. The van der Waals surface area contributed by atoms with Gasteiger partial charge in [-0.25, -0.2) is 4.79 Å². The lowest BCUT2D eigenvalue weighted by Gasteiger charge is -2.29. The Hall–Kier alpha value is -0.770. The molecule has 0 saturated heterocycles. The van der Waals surface area contributed by atoms with Crippen LogP contribution in [-0.4, -0.2) is 28.9 Å². The second-order valence-corrected chi connectivity index (χ2v) is 8.97. The second kappa shape index (κ2) is 6.03. The third-order valence-corrected chi connectivity index (χ3v) is 5.17. The van der Waals surface area contributed by atoms with E-state index in [4.69, 9.17) is 4.74 Å². The lowest BCUT2D eigenvalue weighted by atomic mass is 9.82. The summed E-state index contributed by atoms with van der Waals surface area (Å²) in [5.41, 5.74) is -0.414. The van der Waals surface area contributed by atoms with Crippen LogP contribution < -0.4 is 5.32 Å². The van der Waals surface area contributed by atoms with Crippen molar-refractivity contribution in [2.24, 2.45) is 23.2 Å². The maximum Gasteiger partial charge on any atom is 0.407 e. The van der Waals surface area contributed by atoms with Gasteiger partial charge in [-0.3, -0.25) is 0 Å². The molecule has 22 heavy (non-hydrogen) atoms. The van der Waals surface area contributed by atoms with Crippen molar-refractivity contribution < 1.29 is 14.6 Å². The van der Waals surface area contributed by atoms with Crippen molar-refractivity contribution in [1.29, 1.82) is 0 Å². The summed E-state index contributed by atoms with van der Waals surface area (Å²) >= 11 is 0. The van der Waals surface area contributed by atoms with Crippen LogP contribution in [0.1, 0.15) is 67.2 Å². The first kappa shape index (κ1) is 17.6. The van der Waals surface area contributed by atoms with Crippen molar-refractivity contribution >= 4 is 6.09 Å². The zero-order chi connectivity index (χ0) is 16.7. The van der Waals surface area contributed by atoms with Gasteiger partial charge in [0, 0.05) is 11.5 Å². The monoisotopic (exact) mass is 311 g/mol. The van der Waals surface area contributed by atoms with E-state index in [0.717, 1.165) is 25.7 Å². The first-order valence-corrected chi connectivity index (χ1v) is 8.71. The third-order valence-electron chi connectivity index (χ3n) is 5.17. The lowest BCUT2D eigenvalue weighted by Crippen LogP contribution is -2.40. The Morgan fingerprint density at radius 3 is 2.50 bits per heavy atom. The lowest BCUT2D eigenvalue weighted by molar-refractivity contribution is 0.0279. The number of hydrogen-bond donors (Lipinski definition) is 2. The van der Waals surface area contributed by atoms with E-state index < -0.39 is 5.60 Å². The highest BCUT2D eigenvalue weighted by molar-refractivity contribution is 5.68. The minimum atomic E-state index is -0.464. The van der Waals surface area contributed by atoms with Gasteiger partial charge in [0.2, 0.25) is 0 Å². The first-order valence-electron chi connectivity index (χ1n) is 8.71. The molecule has 2 N–H and O–H groups in total. The average molecular weight is 311 g/mol. The Balaban J connectivity index is 1.86. The van der Waals surface area contributed by atoms with Crippen molar-refractivity contribution in [3.8, 4) is 0 Å². The quantitative estimate of drug-likeness (QED) is 0.813. The molecule has 0 radical (unpaired) electrons. The molecular weight excluding hydrogens is 278 g/mol. The van der Waals surface area contributed by atoms with E-state index in [1.54, 1.807) is 0 Å². The molecule has 2 rings (SSSR count). The molecule has 2 aliphatic rings. The van der Waals surface area contributed by atoms with E-state index in [2.05, 4.69) is 26.1 Å². The number of carbonyl (C=O) groups excluding carboxylic acids is 1. The zero-order valence-electron chi connectivity index (χ0n) is 15.0. The van der Waals surface area contributed by atoms with Gasteiger partial charge >= 0.3 is 6.09 Å². The van der Waals surface area contributed by atoms with E-state index in [0.29, 0.717) is 17.8 Å². The SMILES string of the molecule is CC(C)CC(C)C(O)C12CC(NC(=O)OC(C)(C)C)CC1C2. The number of fused-ring (bicyclic) bond motifs is 1. The molecule has 0 bridgehead atoms. The average Bonchev–Trinajstić information content (AvgIpc) is 2.88. The zero-order valence-corrected chi connectivity index (χ0v) is 15.0. The van der Waals surface area contributed by atoms with Crippen molar-refractivity contribution in [3.05, 3.63) is 0 Å². The van der Waals surface area contributed by atoms with Crippen LogP contribution in [-0.2, 0) is 4.74 Å².